The van der Waals surface area contributed by atoms with E-state index < -0.39 is 5.91 Å². The van der Waals surface area contributed by atoms with Crippen molar-refractivity contribution in [2.75, 3.05) is 5.32 Å². The van der Waals surface area contributed by atoms with Gasteiger partial charge < -0.3 is 9.73 Å². The van der Waals surface area contributed by atoms with Crippen LogP contribution in [0.3, 0.4) is 0 Å². The van der Waals surface area contributed by atoms with Crippen molar-refractivity contribution in [1.82, 2.24) is 0 Å². The van der Waals surface area contributed by atoms with Gasteiger partial charge in [0.1, 0.15) is 5.58 Å². The Morgan fingerprint density at radius 1 is 0.852 bits per heavy atom. The first-order chi connectivity index (χ1) is 13.1. The molecular weight excluding hydrogens is 338 g/mol. The molecule has 4 rings (SSSR count). The third kappa shape index (κ3) is 3.37. The molecule has 132 valence electrons. The van der Waals surface area contributed by atoms with Crippen LogP contribution in [0, 0.1) is 6.92 Å². The Morgan fingerprint density at radius 3 is 2.30 bits per heavy atom. The SMILES string of the molecule is Cc1cccc2c(=O)cc(C(=O)Nc3ccc(-c4ccccc4)cc3)oc12. The first kappa shape index (κ1) is 16.8. The van der Waals surface area contributed by atoms with Crippen molar-refractivity contribution in [3.05, 3.63) is 100 Å². The summed E-state index contributed by atoms with van der Waals surface area (Å²) >= 11 is 0. The molecule has 0 saturated heterocycles. The van der Waals surface area contributed by atoms with Crippen molar-refractivity contribution >= 4 is 22.6 Å². The summed E-state index contributed by atoms with van der Waals surface area (Å²) in [5, 5.41) is 3.25. The fourth-order valence-corrected chi connectivity index (χ4v) is 3.00. The van der Waals surface area contributed by atoms with Crippen molar-refractivity contribution in [1.29, 1.82) is 0 Å². The summed E-state index contributed by atoms with van der Waals surface area (Å²) in [6, 6.07) is 24.1. The fraction of sp³-hybridized carbons (Fsp3) is 0.0435. The molecule has 0 radical (unpaired) electrons. The van der Waals surface area contributed by atoms with Gasteiger partial charge in [-0.1, -0.05) is 54.6 Å². The zero-order chi connectivity index (χ0) is 18.8. The predicted octanol–water partition coefficient (Wildman–Crippen LogP) is 5.02. The maximum absolute atomic E-state index is 12.5. The molecule has 27 heavy (non-hydrogen) atoms. The van der Waals surface area contributed by atoms with Crippen LogP contribution >= 0.6 is 0 Å². The minimum absolute atomic E-state index is 0.00561. The number of rotatable bonds is 3. The number of carbonyl (C=O) groups is 1. The monoisotopic (exact) mass is 355 g/mol. The maximum Gasteiger partial charge on any atom is 0.291 e. The average molecular weight is 355 g/mol. The third-order valence-electron chi connectivity index (χ3n) is 4.43. The van der Waals surface area contributed by atoms with Gasteiger partial charge in [-0.2, -0.15) is 0 Å². The Kier molecular flexibility index (Phi) is 4.30. The Morgan fingerprint density at radius 2 is 1.56 bits per heavy atom. The van der Waals surface area contributed by atoms with Crippen LogP contribution < -0.4 is 10.7 Å². The van der Waals surface area contributed by atoms with Gasteiger partial charge in [0, 0.05) is 11.8 Å². The van der Waals surface area contributed by atoms with E-state index in [-0.39, 0.29) is 11.2 Å². The summed E-state index contributed by atoms with van der Waals surface area (Å²) in [6.45, 7) is 1.84. The molecule has 0 fully saturated rings. The molecule has 4 nitrogen and oxygen atoms in total. The van der Waals surface area contributed by atoms with Crippen molar-refractivity contribution < 1.29 is 9.21 Å². The lowest BCUT2D eigenvalue weighted by molar-refractivity contribution is 0.0997. The molecule has 1 N–H and O–H groups in total. The molecule has 3 aromatic carbocycles. The van der Waals surface area contributed by atoms with Crippen LogP contribution in [0.15, 0.2) is 88.1 Å². The smallest absolute Gasteiger partial charge is 0.291 e. The summed E-state index contributed by atoms with van der Waals surface area (Å²) in [6.07, 6.45) is 0. The Hall–Kier alpha value is -3.66. The molecule has 0 bridgehead atoms. The average Bonchev–Trinajstić information content (AvgIpc) is 2.70. The highest BCUT2D eigenvalue weighted by Crippen LogP contribution is 2.22. The van der Waals surface area contributed by atoms with Crippen molar-refractivity contribution in [3.8, 4) is 11.1 Å². The Balaban J connectivity index is 1.60. The van der Waals surface area contributed by atoms with Crippen LogP contribution in [-0.2, 0) is 0 Å². The van der Waals surface area contributed by atoms with Gasteiger partial charge in [-0.3, -0.25) is 9.59 Å². The van der Waals surface area contributed by atoms with E-state index in [1.165, 1.54) is 6.07 Å². The molecule has 0 saturated carbocycles. The van der Waals surface area contributed by atoms with E-state index in [2.05, 4.69) is 5.32 Å². The minimum atomic E-state index is -0.454. The quantitative estimate of drug-likeness (QED) is 0.561. The molecule has 0 unspecified atom stereocenters. The second kappa shape index (κ2) is 6.92. The Labute approximate surface area is 156 Å². The molecule has 0 aliphatic rings. The fourth-order valence-electron chi connectivity index (χ4n) is 3.00. The van der Waals surface area contributed by atoms with E-state index >= 15 is 0 Å². The van der Waals surface area contributed by atoms with E-state index in [0.717, 1.165) is 16.7 Å². The van der Waals surface area contributed by atoms with Crippen LogP contribution in [0.5, 0.6) is 0 Å². The van der Waals surface area contributed by atoms with Crippen LogP contribution in [-0.4, -0.2) is 5.91 Å². The number of hydrogen-bond acceptors (Lipinski definition) is 3. The number of benzene rings is 3. The van der Waals surface area contributed by atoms with E-state index in [1.54, 1.807) is 12.1 Å². The zero-order valence-electron chi connectivity index (χ0n) is 14.7. The highest BCUT2D eigenvalue weighted by molar-refractivity contribution is 6.03. The van der Waals surface area contributed by atoms with Gasteiger partial charge in [-0.25, -0.2) is 0 Å². The number of anilines is 1. The van der Waals surface area contributed by atoms with Crippen LogP contribution in [0.2, 0.25) is 0 Å². The second-order valence-electron chi connectivity index (χ2n) is 6.32. The molecule has 0 atom stereocenters. The topological polar surface area (TPSA) is 59.3 Å². The molecule has 0 spiro atoms. The lowest BCUT2D eigenvalue weighted by Gasteiger charge is -2.08. The summed E-state index contributed by atoms with van der Waals surface area (Å²) < 4.78 is 5.69. The van der Waals surface area contributed by atoms with Gasteiger partial charge in [0.05, 0.1) is 5.39 Å². The first-order valence-electron chi connectivity index (χ1n) is 8.62. The van der Waals surface area contributed by atoms with Crippen molar-refractivity contribution in [3.63, 3.8) is 0 Å². The summed E-state index contributed by atoms with van der Waals surface area (Å²) in [5.41, 5.74) is 3.81. The molecule has 1 heterocycles. The van der Waals surface area contributed by atoms with E-state index in [0.29, 0.717) is 16.7 Å². The highest BCUT2D eigenvalue weighted by atomic mass is 16.3. The van der Waals surface area contributed by atoms with Gasteiger partial charge in [0.2, 0.25) is 0 Å². The summed E-state index contributed by atoms with van der Waals surface area (Å²) in [7, 11) is 0. The van der Waals surface area contributed by atoms with Gasteiger partial charge >= 0.3 is 0 Å². The lowest BCUT2D eigenvalue weighted by atomic mass is 10.1. The highest BCUT2D eigenvalue weighted by Gasteiger charge is 2.13. The molecule has 1 aromatic heterocycles. The molecule has 0 aliphatic heterocycles. The Bertz CT molecular complexity index is 1180. The van der Waals surface area contributed by atoms with Crippen LogP contribution in [0.4, 0.5) is 5.69 Å². The maximum atomic E-state index is 12.5. The minimum Gasteiger partial charge on any atom is -0.450 e. The lowest BCUT2D eigenvalue weighted by Crippen LogP contribution is -2.15. The van der Waals surface area contributed by atoms with E-state index in [4.69, 9.17) is 4.42 Å². The number of aryl methyl sites for hydroxylation is 1. The molecule has 1 amide bonds. The molecule has 4 aromatic rings. The van der Waals surface area contributed by atoms with Gasteiger partial charge in [0.15, 0.2) is 11.2 Å². The molecular formula is C23H17NO3. The summed E-state index contributed by atoms with van der Waals surface area (Å²) in [5.74, 6) is -0.460. The van der Waals surface area contributed by atoms with E-state index in [9.17, 15) is 9.59 Å². The molecule has 0 aliphatic carbocycles. The number of hydrogen-bond donors (Lipinski definition) is 1. The standard InChI is InChI=1S/C23H17NO3/c1-15-6-5-9-19-20(25)14-21(27-22(15)19)23(26)24-18-12-10-17(11-13-18)16-7-3-2-4-8-16/h2-14H,1H3,(H,24,26). The number of nitrogens with one attached hydrogen (secondary N) is 1. The summed E-state index contributed by atoms with van der Waals surface area (Å²) in [4.78, 5) is 24.8. The second-order valence-corrected chi connectivity index (χ2v) is 6.32. The van der Waals surface area contributed by atoms with Crippen molar-refractivity contribution in [2.24, 2.45) is 0 Å². The number of para-hydroxylation sites is 1. The largest absolute Gasteiger partial charge is 0.450 e. The van der Waals surface area contributed by atoms with Gasteiger partial charge in [-0.15, -0.1) is 0 Å². The van der Waals surface area contributed by atoms with Crippen LogP contribution in [0.1, 0.15) is 16.1 Å². The molecule has 4 heteroatoms. The number of fused-ring (bicyclic) bond motifs is 1. The number of amides is 1. The van der Waals surface area contributed by atoms with Crippen LogP contribution in [0.25, 0.3) is 22.1 Å². The number of carbonyl (C=O) groups excluding carboxylic acids is 1. The third-order valence-corrected chi connectivity index (χ3v) is 4.43. The van der Waals surface area contributed by atoms with Gasteiger partial charge in [-0.05, 0) is 41.8 Å². The zero-order valence-corrected chi connectivity index (χ0v) is 14.7. The van der Waals surface area contributed by atoms with Gasteiger partial charge in [0.25, 0.3) is 5.91 Å². The normalized spacial score (nSPS) is 10.7. The van der Waals surface area contributed by atoms with Crippen molar-refractivity contribution in [2.45, 2.75) is 6.92 Å². The first-order valence-corrected chi connectivity index (χ1v) is 8.62. The van der Waals surface area contributed by atoms with E-state index in [1.807, 2.05) is 67.6 Å². The predicted molar refractivity (Wildman–Crippen MR) is 107 cm³/mol.